The standard InChI is InChI=1S/C15H20N2O2S/c1-14(2)7-15(3,4)11-9(5-16)12(13(18)19)20-10(11)6-17-8-14/h17H,6-8H2,1-4H3,(H,18,19). The number of rotatable bonds is 1. The number of nitrogens with one attached hydrogen (secondary N) is 1. The van der Waals surface area contributed by atoms with Crippen molar-refractivity contribution in [1.29, 1.82) is 5.26 Å². The number of aromatic carboxylic acids is 1. The van der Waals surface area contributed by atoms with E-state index >= 15 is 0 Å². The zero-order valence-corrected chi connectivity index (χ0v) is 13.1. The van der Waals surface area contributed by atoms with E-state index in [9.17, 15) is 15.2 Å². The quantitative estimate of drug-likeness (QED) is 0.834. The number of nitriles is 1. The molecule has 0 aliphatic carbocycles. The molecule has 0 aromatic carbocycles. The highest BCUT2D eigenvalue weighted by atomic mass is 32.1. The highest BCUT2D eigenvalue weighted by molar-refractivity contribution is 7.14. The molecule has 4 nitrogen and oxygen atoms in total. The third-order valence-corrected chi connectivity index (χ3v) is 4.95. The number of carboxylic acid groups (broad SMARTS) is 1. The number of hydrogen-bond acceptors (Lipinski definition) is 4. The van der Waals surface area contributed by atoms with Gasteiger partial charge in [-0.05, 0) is 22.8 Å². The summed E-state index contributed by atoms with van der Waals surface area (Å²) in [5.41, 5.74) is 1.18. The van der Waals surface area contributed by atoms with Crippen molar-refractivity contribution >= 4 is 17.3 Å². The maximum Gasteiger partial charge on any atom is 0.347 e. The summed E-state index contributed by atoms with van der Waals surface area (Å²) < 4.78 is 0. The van der Waals surface area contributed by atoms with Gasteiger partial charge in [-0.2, -0.15) is 5.26 Å². The largest absolute Gasteiger partial charge is 0.477 e. The molecule has 0 atom stereocenters. The van der Waals surface area contributed by atoms with Crippen molar-refractivity contribution in [3.8, 4) is 6.07 Å². The van der Waals surface area contributed by atoms with Crippen molar-refractivity contribution in [3.05, 3.63) is 20.9 Å². The molecule has 0 bridgehead atoms. The second-order valence-corrected chi connectivity index (χ2v) is 7.95. The van der Waals surface area contributed by atoms with Crippen LogP contribution in [0.1, 0.15) is 59.8 Å². The molecular weight excluding hydrogens is 272 g/mol. The Labute approximate surface area is 123 Å². The molecule has 2 rings (SSSR count). The van der Waals surface area contributed by atoms with Gasteiger partial charge in [0, 0.05) is 18.0 Å². The molecule has 0 saturated heterocycles. The van der Waals surface area contributed by atoms with Crippen molar-refractivity contribution in [2.24, 2.45) is 5.41 Å². The molecule has 1 aliphatic heterocycles. The number of thiophene rings is 1. The first kappa shape index (κ1) is 15.0. The van der Waals surface area contributed by atoms with Crippen molar-refractivity contribution in [2.45, 2.75) is 46.1 Å². The fourth-order valence-corrected chi connectivity index (χ4v) is 4.68. The monoisotopic (exact) mass is 292 g/mol. The Morgan fingerprint density at radius 2 is 2.05 bits per heavy atom. The number of nitrogens with zero attached hydrogens (tertiary/aromatic N) is 1. The van der Waals surface area contributed by atoms with Gasteiger partial charge in [0.1, 0.15) is 10.9 Å². The summed E-state index contributed by atoms with van der Waals surface area (Å²) in [6.45, 7) is 10.1. The van der Waals surface area contributed by atoms with E-state index in [0.717, 1.165) is 23.4 Å². The van der Waals surface area contributed by atoms with E-state index in [1.54, 1.807) is 0 Å². The van der Waals surface area contributed by atoms with Gasteiger partial charge in [0.2, 0.25) is 0 Å². The van der Waals surface area contributed by atoms with Crippen molar-refractivity contribution in [2.75, 3.05) is 6.54 Å². The summed E-state index contributed by atoms with van der Waals surface area (Å²) in [5, 5.41) is 22.1. The molecule has 1 aromatic rings. The minimum atomic E-state index is -1.01. The SMILES string of the molecule is CC1(C)CNCc2sc(C(=O)O)c(C#N)c2C(C)(C)C1. The Hall–Kier alpha value is -1.38. The predicted molar refractivity (Wildman–Crippen MR) is 79.1 cm³/mol. The Morgan fingerprint density at radius 3 is 2.60 bits per heavy atom. The first-order chi connectivity index (χ1) is 9.18. The minimum Gasteiger partial charge on any atom is -0.477 e. The third-order valence-electron chi connectivity index (χ3n) is 3.77. The van der Waals surface area contributed by atoms with Gasteiger partial charge in [-0.3, -0.25) is 0 Å². The van der Waals surface area contributed by atoms with Gasteiger partial charge in [0.25, 0.3) is 0 Å². The zero-order valence-electron chi connectivity index (χ0n) is 12.3. The van der Waals surface area contributed by atoms with E-state index in [0.29, 0.717) is 12.1 Å². The topological polar surface area (TPSA) is 73.1 Å². The summed E-state index contributed by atoms with van der Waals surface area (Å²) in [5.74, 6) is -1.01. The van der Waals surface area contributed by atoms with Crippen LogP contribution in [0.2, 0.25) is 0 Å². The smallest absolute Gasteiger partial charge is 0.347 e. The normalized spacial score (nSPS) is 20.4. The van der Waals surface area contributed by atoms with Crippen LogP contribution in [0, 0.1) is 16.7 Å². The van der Waals surface area contributed by atoms with E-state index < -0.39 is 5.97 Å². The Bertz CT molecular complexity index is 594. The maximum atomic E-state index is 11.3. The Kier molecular flexibility index (Phi) is 3.66. The second kappa shape index (κ2) is 4.87. The molecule has 0 amide bonds. The molecule has 0 fully saturated rings. The Balaban J connectivity index is 2.65. The van der Waals surface area contributed by atoms with Crippen LogP contribution < -0.4 is 5.32 Å². The molecule has 2 heterocycles. The summed E-state index contributed by atoms with van der Waals surface area (Å²) in [6.07, 6.45) is 0.907. The number of hydrogen-bond donors (Lipinski definition) is 2. The van der Waals surface area contributed by atoms with E-state index in [1.165, 1.54) is 11.3 Å². The van der Waals surface area contributed by atoms with Gasteiger partial charge in [-0.25, -0.2) is 4.79 Å². The van der Waals surface area contributed by atoms with Crippen LogP contribution >= 0.6 is 11.3 Å². The van der Waals surface area contributed by atoms with Gasteiger partial charge in [-0.15, -0.1) is 11.3 Å². The first-order valence-corrected chi connectivity index (χ1v) is 7.50. The molecule has 0 saturated carbocycles. The van der Waals surface area contributed by atoms with Gasteiger partial charge in [0.15, 0.2) is 0 Å². The molecule has 20 heavy (non-hydrogen) atoms. The van der Waals surface area contributed by atoms with E-state index in [2.05, 4.69) is 39.1 Å². The number of carboxylic acids is 1. The number of carbonyl (C=O) groups is 1. The highest BCUT2D eigenvalue weighted by Gasteiger charge is 2.38. The zero-order chi connectivity index (χ0) is 15.1. The second-order valence-electron chi connectivity index (χ2n) is 6.85. The van der Waals surface area contributed by atoms with Gasteiger partial charge < -0.3 is 10.4 Å². The fraction of sp³-hybridized carbons (Fsp3) is 0.600. The van der Waals surface area contributed by atoms with Crippen LogP contribution in [0.3, 0.4) is 0 Å². The summed E-state index contributed by atoms with van der Waals surface area (Å²) in [6, 6.07) is 2.12. The minimum absolute atomic E-state index is 0.110. The average Bonchev–Trinajstić information content (AvgIpc) is 2.65. The van der Waals surface area contributed by atoms with Gasteiger partial charge in [-0.1, -0.05) is 27.7 Å². The van der Waals surface area contributed by atoms with Crippen LogP contribution in [-0.4, -0.2) is 17.6 Å². The first-order valence-electron chi connectivity index (χ1n) is 6.68. The maximum absolute atomic E-state index is 11.3. The fourth-order valence-electron chi connectivity index (χ4n) is 3.44. The third kappa shape index (κ3) is 2.58. The molecule has 108 valence electrons. The van der Waals surface area contributed by atoms with E-state index in [1.807, 2.05) is 0 Å². The van der Waals surface area contributed by atoms with Crippen LogP contribution in [0.5, 0.6) is 0 Å². The summed E-state index contributed by atoms with van der Waals surface area (Å²) in [7, 11) is 0. The van der Waals surface area contributed by atoms with E-state index in [-0.39, 0.29) is 15.7 Å². The average molecular weight is 292 g/mol. The van der Waals surface area contributed by atoms with Crippen LogP contribution in [0.15, 0.2) is 0 Å². The lowest BCUT2D eigenvalue weighted by Crippen LogP contribution is -2.38. The molecule has 1 aliphatic rings. The number of fused-ring (bicyclic) bond motifs is 1. The van der Waals surface area contributed by atoms with Crippen molar-refractivity contribution < 1.29 is 9.90 Å². The molecule has 0 unspecified atom stereocenters. The van der Waals surface area contributed by atoms with Crippen molar-refractivity contribution in [3.63, 3.8) is 0 Å². The molecular formula is C15H20N2O2S. The van der Waals surface area contributed by atoms with E-state index in [4.69, 9.17) is 0 Å². The van der Waals surface area contributed by atoms with Crippen LogP contribution in [-0.2, 0) is 12.0 Å². The lowest BCUT2D eigenvalue weighted by molar-refractivity contribution is 0.0701. The lowest BCUT2D eigenvalue weighted by Gasteiger charge is -2.38. The molecule has 0 spiro atoms. The van der Waals surface area contributed by atoms with Crippen LogP contribution in [0.4, 0.5) is 0 Å². The predicted octanol–water partition coefficient (Wildman–Crippen LogP) is 3.12. The highest BCUT2D eigenvalue weighted by Crippen LogP contribution is 2.44. The molecule has 2 N–H and O–H groups in total. The summed E-state index contributed by atoms with van der Waals surface area (Å²) >= 11 is 1.24. The molecule has 0 radical (unpaired) electrons. The Morgan fingerprint density at radius 1 is 1.40 bits per heavy atom. The molecule has 1 aromatic heterocycles. The lowest BCUT2D eigenvalue weighted by atomic mass is 9.69. The molecule has 5 heteroatoms. The van der Waals surface area contributed by atoms with Crippen molar-refractivity contribution in [1.82, 2.24) is 5.32 Å². The van der Waals surface area contributed by atoms with Gasteiger partial charge in [0.05, 0.1) is 5.56 Å². The van der Waals surface area contributed by atoms with Crippen LogP contribution in [0.25, 0.3) is 0 Å². The summed E-state index contributed by atoms with van der Waals surface area (Å²) in [4.78, 5) is 12.5. The van der Waals surface area contributed by atoms with Gasteiger partial charge >= 0.3 is 5.97 Å².